The molecule has 3 aliphatic carbocycles. The van der Waals surface area contributed by atoms with Gasteiger partial charge in [0.05, 0.1) is 0 Å². The van der Waals surface area contributed by atoms with E-state index in [-0.39, 0.29) is 5.54 Å². The predicted molar refractivity (Wildman–Crippen MR) is 115 cm³/mol. The second-order valence-electron chi connectivity index (χ2n) is 10.8. The van der Waals surface area contributed by atoms with Crippen LogP contribution in [0.5, 0.6) is 0 Å². The first-order valence-electron chi connectivity index (χ1n) is 12.0. The minimum absolute atomic E-state index is 0.284. The number of hydrogen-bond acceptors (Lipinski definition) is 3. The lowest BCUT2D eigenvalue weighted by Gasteiger charge is -2.45. The largest absolute Gasteiger partial charge is 0.396 e. The highest BCUT2D eigenvalue weighted by Gasteiger charge is 2.58. The van der Waals surface area contributed by atoms with Crippen LogP contribution in [-0.4, -0.2) is 36.4 Å². The summed E-state index contributed by atoms with van der Waals surface area (Å²) in [6.07, 6.45) is 10.5. The zero-order valence-electron chi connectivity index (χ0n) is 18.7. The molecule has 0 heterocycles. The first-order valence-corrected chi connectivity index (χ1v) is 12.0. The molecule has 3 rings (SSSR count). The summed E-state index contributed by atoms with van der Waals surface area (Å²) in [5.41, 5.74) is 0.654. The molecule has 3 fully saturated rings. The van der Waals surface area contributed by atoms with Gasteiger partial charge in [0.15, 0.2) is 0 Å². The van der Waals surface area contributed by atoms with Gasteiger partial charge in [0.2, 0.25) is 0 Å². The van der Waals surface area contributed by atoms with Crippen LogP contribution in [0.4, 0.5) is 0 Å². The number of hydrogen-bond donors (Lipinski definition) is 3. The van der Waals surface area contributed by atoms with Gasteiger partial charge in [-0.25, -0.2) is 0 Å². The average molecular weight is 379 g/mol. The molecular formula is C24H46N2O. The molecule has 7 atom stereocenters. The van der Waals surface area contributed by atoms with Crippen LogP contribution in [0.2, 0.25) is 0 Å². The maximum atomic E-state index is 9.92. The average Bonchev–Trinajstić information content (AvgIpc) is 2.76. The van der Waals surface area contributed by atoms with E-state index < -0.39 is 0 Å². The van der Waals surface area contributed by atoms with Gasteiger partial charge in [-0.05, 0) is 93.5 Å². The van der Waals surface area contributed by atoms with Crippen molar-refractivity contribution in [2.75, 3.05) is 19.7 Å². The lowest BCUT2D eigenvalue weighted by molar-refractivity contribution is 0.0779. The first kappa shape index (κ1) is 21.6. The lowest BCUT2D eigenvalue weighted by atomic mass is 9.65. The van der Waals surface area contributed by atoms with Gasteiger partial charge in [0.25, 0.3) is 0 Å². The van der Waals surface area contributed by atoms with E-state index in [1.165, 1.54) is 51.4 Å². The summed E-state index contributed by atoms with van der Waals surface area (Å²) < 4.78 is 0. The van der Waals surface area contributed by atoms with Crippen molar-refractivity contribution in [1.29, 1.82) is 0 Å². The molecule has 0 radical (unpaired) electrons. The summed E-state index contributed by atoms with van der Waals surface area (Å²) in [4.78, 5) is 0. The second kappa shape index (κ2) is 8.71. The summed E-state index contributed by atoms with van der Waals surface area (Å²) >= 11 is 0. The molecule has 158 valence electrons. The Labute approximate surface area is 168 Å². The van der Waals surface area contributed by atoms with Crippen molar-refractivity contribution in [2.45, 2.75) is 97.6 Å². The molecule has 0 spiro atoms. The maximum absolute atomic E-state index is 9.92. The molecule has 27 heavy (non-hydrogen) atoms. The normalized spacial score (nSPS) is 44.7. The Morgan fingerprint density at radius 2 is 1.74 bits per heavy atom. The Hall–Kier alpha value is -0.120. The Balaban J connectivity index is 1.96. The van der Waals surface area contributed by atoms with Gasteiger partial charge in [-0.2, -0.15) is 0 Å². The van der Waals surface area contributed by atoms with Crippen molar-refractivity contribution < 1.29 is 5.11 Å². The van der Waals surface area contributed by atoms with Crippen LogP contribution < -0.4 is 10.6 Å². The van der Waals surface area contributed by atoms with Gasteiger partial charge in [0.1, 0.15) is 0 Å². The fourth-order valence-corrected chi connectivity index (χ4v) is 7.60. The van der Waals surface area contributed by atoms with E-state index >= 15 is 0 Å². The molecule has 3 N–H and O–H groups in total. The monoisotopic (exact) mass is 378 g/mol. The summed E-state index contributed by atoms with van der Waals surface area (Å²) in [7, 11) is 0. The molecule has 0 aromatic heterocycles. The van der Waals surface area contributed by atoms with E-state index in [9.17, 15) is 5.11 Å². The minimum atomic E-state index is 0.284. The molecule has 5 unspecified atom stereocenters. The number of fused-ring (bicyclic) bond motifs is 3. The molecule has 0 saturated heterocycles. The molecule has 3 nitrogen and oxygen atoms in total. The summed E-state index contributed by atoms with van der Waals surface area (Å²) in [5, 5.41) is 17.7. The fraction of sp³-hybridized carbons (Fsp3) is 1.00. The molecule has 0 aromatic carbocycles. The van der Waals surface area contributed by atoms with Crippen molar-refractivity contribution in [1.82, 2.24) is 10.6 Å². The highest BCUT2D eigenvalue weighted by Crippen LogP contribution is 2.62. The molecule has 3 saturated carbocycles. The summed E-state index contributed by atoms with van der Waals surface area (Å²) in [5.74, 6) is 3.73. The summed E-state index contributed by atoms with van der Waals surface area (Å²) in [6, 6.07) is 0.686. The molecule has 0 amide bonds. The second-order valence-corrected chi connectivity index (χ2v) is 10.8. The Morgan fingerprint density at radius 3 is 2.41 bits per heavy atom. The molecule has 0 aromatic rings. The zero-order chi connectivity index (χ0) is 19.7. The lowest BCUT2D eigenvalue weighted by Crippen LogP contribution is -2.51. The van der Waals surface area contributed by atoms with Crippen LogP contribution in [0.15, 0.2) is 0 Å². The van der Waals surface area contributed by atoms with E-state index in [0.29, 0.717) is 24.0 Å². The van der Waals surface area contributed by atoms with Crippen LogP contribution >= 0.6 is 0 Å². The van der Waals surface area contributed by atoms with Gasteiger partial charge in [-0.15, -0.1) is 0 Å². The van der Waals surface area contributed by atoms with E-state index in [1.807, 2.05) is 0 Å². The molecule has 3 heteroatoms. The van der Waals surface area contributed by atoms with Gasteiger partial charge in [0, 0.05) is 18.2 Å². The van der Waals surface area contributed by atoms with E-state index in [2.05, 4.69) is 45.3 Å². The molecule has 0 bridgehead atoms. The molecular weight excluding hydrogens is 332 g/mol. The van der Waals surface area contributed by atoms with Crippen molar-refractivity contribution >= 4 is 0 Å². The number of rotatable bonds is 5. The smallest absolute Gasteiger partial charge is 0.0459 e. The predicted octanol–water partition coefficient (Wildman–Crippen LogP) is 4.59. The number of nitrogens with one attached hydrogen (secondary N) is 2. The van der Waals surface area contributed by atoms with Crippen LogP contribution in [-0.2, 0) is 0 Å². The van der Waals surface area contributed by atoms with Crippen LogP contribution in [0.3, 0.4) is 0 Å². The van der Waals surface area contributed by atoms with Gasteiger partial charge >= 0.3 is 0 Å². The fourth-order valence-electron chi connectivity index (χ4n) is 7.60. The van der Waals surface area contributed by atoms with Crippen molar-refractivity contribution in [3.8, 4) is 0 Å². The number of aliphatic hydroxyl groups is 1. The van der Waals surface area contributed by atoms with Gasteiger partial charge in [-0.1, -0.05) is 40.5 Å². The molecule has 0 aliphatic heterocycles. The quantitative estimate of drug-likeness (QED) is 0.655. The van der Waals surface area contributed by atoms with Gasteiger partial charge in [-0.3, -0.25) is 0 Å². The molecule has 3 aliphatic rings. The summed E-state index contributed by atoms with van der Waals surface area (Å²) in [6.45, 7) is 14.7. The SMILES string of the molecule is CCNC1CCCC(C)(NCC)CC2[C@H]1C1CCCC(CO)C[C@H]1C2(C)C. The third-order valence-corrected chi connectivity index (χ3v) is 8.83. The van der Waals surface area contributed by atoms with Crippen LogP contribution in [0.25, 0.3) is 0 Å². The van der Waals surface area contributed by atoms with E-state index in [4.69, 9.17) is 0 Å². The van der Waals surface area contributed by atoms with Gasteiger partial charge < -0.3 is 15.7 Å². The number of aliphatic hydroxyl groups excluding tert-OH is 1. The Kier molecular flexibility index (Phi) is 6.97. The Bertz CT molecular complexity index is 479. The van der Waals surface area contributed by atoms with Crippen LogP contribution in [0.1, 0.15) is 86.0 Å². The topological polar surface area (TPSA) is 44.3 Å². The van der Waals surface area contributed by atoms with Crippen molar-refractivity contribution in [3.05, 3.63) is 0 Å². The highest BCUT2D eigenvalue weighted by molar-refractivity contribution is 5.09. The van der Waals surface area contributed by atoms with E-state index in [1.54, 1.807) is 0 Å². The maximum Gasteiger partial charge on any atom is 0.0459 e. The van der Waals surface area contributed by atoms with Crippen LogP contribution in [0, 0.1) is 35.0 Å². The Morgan fingerprint density at radius 1 is 0.963 bits per heavy atom. The highest BCUT2D eigenvalue weighted by atomic mass is 16.3. The van der Waals surface area contributed by atoms with E-state index in [0.717, 1.165) is 36.8 Å². The first-order chi connectivity index (χ1) is 12.9. The van der Waals surface area contributed by atoms with Crippen molar-refractivity contribution in [3.63, 3.8) is 0 Å². The third-order valence-electron chi connectivity index (χ3n) is 8.83. The standard InChI is InChI=1S/C24H46N2O/c1-6-25-21-12-9-13-24(5,26-7-2)15-20-22(21)18-11-8-10-17(16-27)14-19(18)23(20,3)4/h17-22,25-27H,6-16H2,1-5H3/t17?,18?,19-,20?,21?,22-,24?/m1/s1. The van der Waals surface area contributed by atoms with Crippen molar-refractivity contribution in [2.24, 2.45) is 35.0 Å². The zero-order valence-corrected chi connectivity index (χ0v) is 18.7. The third kappa shape index (κ3) is 4.26. The minimum Gasteiger partial charge on any atom is -0.396 e.